The lowest BCUT2D eigenvalue weighted by Crippen LogP contribution is -2.27. The van der Waals surface area contributed by atoms with E-state index in [9.17, 15) is 0 Å². The lowest BCUT2D eigenvalue weighted by molar-refractivity contribution is 0.0927. The lowest BCUT2D eigenvalue weighted by atomic mass is 9.69. The van der Waals surface area contributed by atoms with Crippen LogP contribution in [0.4, 0.5) is 0 Å². The van der Waals surface area contributed by atoms with Crippen molar-refractivity contribution in [3.05, 3.63) is 0 Å². The average molecular weight is 252 g/mol. The van der Waals surface area contributed by atoms with Crippen LogP contribution in [-0.4, -0.2) is 13.7 Å². The number of hydrogen-bond donors (Lipinski definition) is 0. The van der Waals surface area contributed by atoms with Crippen molar-refractivity contribution in [2.24, 2.45) is 23.7 Å². The molecule has 0 N–H and O–H groups in total. The molecule has 2 aliphatic carbocycles. The maximum Gasteiger partial charge on any atom is 0.0490 e. The molecule has 0 radical (unpaired) electrons. The summed E-state index contributed by atoms with van der Waals surface area (Å²) in [6, 6.07) is 0. The van der Waals surface area contributed by atoms with Crippen molar-refractivity contribution >= 4 is 0 Å². The fourth-order valence-corrected chi connectivity index (χ4v) is 4.42. The summed E-state index contributed by atoms with van der Waals surface area (Å²) < 4.78 is 5.30. The highest BCUT2D eigenvalue weighted by Crippen LogP contribution is 2.42. The predicted molar refractivity (Wildman–Crippen MR) is 77.7 cm³/mol. The molecule has 0 bridgehead atoms. The van der Waals surface area contributed by atoms with E-state index in [0.29, 0.717) is 0 Å². The molecule has 0 spiro atoms. The van der Waals surface area contributed by atoms with Gasteiger partial charge in [0.05, 0.1) is 0 Å². The van der Waals surface area contributed by atoms with Crippen molar-refractivity contribution in [2.45, 2.75) is 71.1 Å². The molecule has 0 heterocycles. The van der Waals surface area contributed by atoms with Crippen molar-refractivity contribution in [3.63, 3.8) is 0 Å². The Bertz CT molecular complexity index is 186. The fraction of sp³-hybridized carbons (Fsp3) is 1.00. The summed E-state index contributed by atoms with van der Waals surface area (Å²) in [7, 11) is 1.85. The van der Waals surface area contributed by atoms with Crippen LogP contribution in [0.5, 0.6) is 0 Å². The van der Waals surface area contributed by atoms with Crippen LogP contribution < -0.4 is 0 Å². The molecule has 106 valence electrons. The Hall–Kier alpha value is -0.0400. The molecule has 0 amide bonds. The van der Waals surface area contributed by atoms with Crippen LogP contribution >= 0.6 is 0 Å². The minimum absolute atomic E-state index is 0.864. The monoisotopic (exact) mass is 252 g/mol. The van der Waals surface area contributed by atoms with Gasteiger partial charge in [-0.1, -0.05) is 32.6 Å². The van der Waals surface area contributed by atoms with Crippen molar-refractivity contribution in [1.29, 1.82) is 0 Å². The zero-order valence-electron chi connectivity index (χ0n) is 12.5. The highest BCUT2D eigenvalue weighted by Gasteiger charge is 2.30. The smallest absolute Gasteiger partial charge is 0.0490 e. The van der Waals surface area contributed by atoms with Gasteiger partial charge in [0.15, 0.2) is 0 Å². The van der Waals surface area contributed by atoms with Crippen LogP contribution in [0.1, 0.15) is 71.1 Å². The normalized spacial score (nSPS) is 37.7. The zero-order chi connectivity index (χ0) is 12.8. The summed E-state index contributed by atoms with van der Waals surface area (Å²) in [5.41, 5.74) is 0. The topological polar surface area (TPSA) is 9.23 Å². The van der Waals surface area contributed by atoms with Crippen LogP contribution in [0, 0.1) is 23.7 Å². The molecule has 18 heavy (non-hydrogen) atoms. The third-order valence-electron chi connectivity index (χ3n) is 5.55. The SMILES string of the molecule is CCC[C@H]1CC[C@H](C2CCC(COC)CC2)CC1. The molecule has 2 saturated carbocycles. The van der Waals surface area contributed by atoms with Gasteiger partial charge < -0.3 is 4.74 Å². The van der Waals surface area contributed by atoms with Gasteiger partial charge in [-0.15, -0.1) is 0 Å². The predicted octanol–water partition coefficient (Wildman–Crippen LogP) is 5.05. The molecule has 1 nitrogen and oxygen atoms in total. The Labute approximate surface area is 114 Å². The third kappa shape index (κ3) is 3.98. The highest BCUT2D eigenvalue weighted by molar-refractivity contribution is 4.81. The Morgan fingerprint density at radius 2 is 1.28 bits per heavy atom. The van der Waals surface area contributed by atoms with E-state index < -0.39 is 0 Å². The van der Waals surface area contributed by atoms with Crippen LogP contribution in [-0.2, 0) is 4.74 Å². The van der Waals surface area contributed by atoms with Gasteiger partial charge in [-0.05, 0) is 62.2 Å². The van der Waals surface area contributed by atoms with Crippen molar-refractivity contribution in [1.82, 2.24) is 0 Å². The highest BCUT2D eigenvalue weighted by atomic mass is 16.5. The molecule has 0 atom stereocenters. The third-order valence-corrected chi connectivity index (χ3v) is 5.55. The maximum atomic E-state index is 5.30. The van der Waals surface area contributed by atoms with Gasteiger partial charge in [0.2, 0.25) is 0 Å². The molecule has 2 rings (SSSR count). The molecular formula is C17H32O. The molecule has 0 aliphatic heterocycles. The lowest BCUT2D eigenvalue weighted by Gasteiger charge is -2.37. The second-order valence-corrected chi connectivity index (χ2v) is 6.81. The van der Waals surface area contributed by atoms with Gasteiger partial charge in [0.1, 0.15) is 0 Å². The number of methoxy groups -OCH3 is 1. The summed E-state index contributed by atoms with van der Waals surface area (Å²) in [6.07, 6.45) is 14.8. The van der Waals surface area contributed by atoms with Gasteiger partial charge in [-0.25, -0.2) is 0 Å². The molecule has 0 saturated heterocycles. The van der Waals surface area contributed by atoms with E-state index >= 15 is 0 Å². The first-order chi connectivity index (χ1) is 8.83. The molecule has 0 aromatic heterocycles. The minimum atomic E-state index is 0.864. The number of rotatable bonds is 5. The Morgan fingerprint density at radius 1 is 0.778 bits per heavy atom. The molecule has 0 unspecified atom stereocenters. The summed E-state index contributed by atoms with van der Waals surface area (Å²) >= 11 is 0. The van der Waals surface area contributed by atoms with Crippen LogP contribution in [0.2, 0.25) is 0 Å². The van der Waals surface area contributed by atoms with Crippen molar-refractivity contribution in [2.75, 3.05) is 13.7 Å². The van der Waals surface area contributed by atoms with Gasteiger partial charge in [0.25, 0.3) is 0 Å². The second kappa shape index (κ2) is 7.53. The average Bonchev–Trinajstić information content (AvgIpc) is 2.41. The van der Waals surface area contributed by atoms with E-state index in [4.69, 9.17) is 4.74 Å². The Kier molecular flexibility index (Phi) is 6.01. The molecule has 1 heteroatoms. The van der Waals surface area contributed by atoms with Crippen LogP contribution in [0.25, 0.3) is 0 Å². The van der Waals surface area contributed by atoms with Gasteiger partial charge in [0, 0.05) is 13.7 Å². The van der Waals surface area contributed by atoms with Crippen molar-refractivity contribution in [3.8, 4) is 0 Å². The summed E-state index contributed by atoms with van der Waals surface area (Å²) in [6.45, 7) is 3.33. The molecule has 2 fully saturated rings. The van der Waals surface area contributed by atoms with E-state index in [1.165, 1.54) is 64.2 Å². The van der Waals surface area contributed by atoms with Gasteiger partial charge >= 0.3 is 0 Å². The Balaban J connectivity index is 1.68. The Morgan fingerprint density at radius 3 is 1.72 bits per heavy atom. The van der Waals surface area contributed by atoms with Crippen LogP contribution in [0.15, 0.2) is 0 Å². The summed E-state index contributed by atoms with van der Waals surface area (Å²) in [4.78, 5) is 0. The number of ether oxygens (including phenoxy) is 1. The van der Waals surface area contributed by atoms with Crippen LogP contribution in [0.3, 0.4) is 0 Å². The first-order valence-electron chi connectivity index (χ1n) is 8.32. The summed E-state index contributed by atoms with van der Waals surface area (Å²) in [5, 5.41) is 0. The van der Waals surface area contributed by atoms with E-state index in [0.717, 1.165) is 30.3 Å². The van der Waals surface area contributed by atoms with Gasteiger partial charge in [-0.3, -0.25) is 0 Å². The first kappa shape index (κ1) is 14.4. The maximum absolute atomic E-state index is 5.30. The standard InChI is InChI=1S/C17H32O/c1-3-4-14-5-9-16(10-6-14)17-11-7-15(8-12-17)13-18-2/h14-17H,3-13H2,1-2H3/t14-,15?,16-,17?. The van der Waals surface area contributed by atoms with E-state index in [-0.39, 0.29) is 0 Å². The van der Waals surface area contributed by atoms with E-state index in [1.807, 2.05) is 7.11 Å². The molecule has 0 aromatic carbocycles. The second-order valence-electron chi connectivity index (χ2n) is 6.81. The van der Waals surface area contributed by atoms with E-state index in [1.54, 1.807) is 0 Å². The summed E-state index contributed by atoms with van der Waals surface area (Å²) in [5.74, 6) is 4.06. The largest absolute Gasteiger partial charge is 0.384 e. The first-order valence-corrected chi connectivity index (χ1v) is 8.32. The minimum Gasteiger partial charge on any atom is -0.384 e. The number of hydrogen-bond acceptors (Lipinski definition) is 1. The fourth-order valence-electron chi connectivity index (χ4n) is 4.42. The van der Waals surface area contributed by atoms with Crippen molar-refractivity contribution < 1.29 is 4.74 Å². The van der Waals surface area contributed by atoms with Gasteiger partial charge in [-0.2, -0.15) is 0 Å². The van der Waals surface area contributed by atoms with E-state index in [2.05, 4.69) is 6.92 Å². The molecule has 2 aliphatic rings. The molecule has 0 aromatic rings. The zero-order valence-corrected chi connectivity index (χ0v) is 12.5. The quantitative estimate of drug-likeness (QED) is 0.665. The molecular weight excluding hydrogens is 220 g/mol.